The van der Waals surface area contributed by atoms with E-state index >= 15 is 0 Å². The number of hydrogen-bond donors (Lipinski definition) is 0. The van der Waals surface area contributed by atoms with Gasteiger partial charge in [-0.05, 0) is 98.8 Å². The monoisotopic (exact) mass is 806 g/mol. The Bertz CT molecular complexity index is 3660. The number of anilines is 3. The highest BCUT2D eigenvalue weighted by molar-refractivity contribution is 7.26. The molecular weight excluding hydrogens is 769 g/mol. The van der Waals surface area contributed by atoms with Crippen molar-refractivity contribution < 1.29 is 0 Å². The van der Waals surface area contributed by atoms with Crippen molar-refractivity contribution in [3.63, 3.8) is 0 Å². The van der Waals surface area contributed by atoms with Crippen molar-refractivity contribution in [2.24, 2.45) is 0 Å². The molecule has 2 heterocycles. The molecule has 62 heavy (non-hydrogen) atoms. The maximum Gasteiger partial charge on any atom is 0.0720 e. The largest absolute Gasteiger partial charge is 0.309 e. The fourth-order valence-corrected chi connectivity index (χ4v) is 11.9. The number of hydrogen-bond acceptors (Lipinski definition) is 2. The first-order valence-corrected chi connectivity index (χ1v) is 22.2. The minimum Gasteiger partial charge on any atom is -0.309 e. The van der Waals surface area contributed by atoms with Gasteiger partial charge in [-0.25, -0.2) is 0 Å². The molecule has 3 heteroatoms. The summed E-state index contributed by atoms with van der Waals surface area (Å²) in [6.07, 6.45) is 0. The molecule has 290 valence electrons. The predicted molar refractivity (Wildman–Crippen MR) is 263 cm³/mol. The van der Waals surface area contributed by atoms with Crippen LogP contribution >= 0.6 is 11.3 Å². The lowest BCUT2D eigenvalue weighted by atomic mass is 9.66. The van der Waals surface area contributed by atoms with E-state index in [1.807, 2.05) is 11.3 Å². The molecule has 0 amide bonds. The van der Waals surface area contributed by atoms with Gasteiger partial charge >= 0.3 is 0 Å². The normalized spacial score (nSPS) is 13.0. The van der Waals surface area contributed by atoms with E-state index < -0.39 is 5.41 Å². The zero-order valence-corrected chi connectivity index (χ0v) is 34.6. The quantitative estimate of drug-likeness (QED) is 0.162. The Balaban J connectivity index is 1.14. The molecule has 0 aliphatic heterocycles. The first kappa shape index (κ1) is 35.1. The minimum atomic E-state index is -0.580. The van der Waals surface area contributed by atoms with Crippen LogP contribution in [0.25, 0.3) is 69.6 Å². The van der Waals surface area contributed by atoms with Crippen LogP contribution in [-0.4, -0.2) is 4.57 Å². The highest BCUT2D eigenvalue weighted by Gasteiger charge is 2.47. The Morgan fingerprint density at radius 1 is 0.403 bits per heavy atom. The van der Waals surface area contributed by atoms with Crippen molar-refractivity contribution in [3.05, 3.63) is 253 Å². The number of para-hydroxylation sites is 2. The zero-order valence-electron chi connectivity index (χ0n) is 33.7. The molecule has 10 aromatic carbocycles. The third-order valence-electron chi connectivity index (χ3n) is 13.2. The molecule has 0 fully saturated rings. The Hall–Kier alpha value is -7.72. The topological polar surface area (TPSA) is 8.17 Å². The van der Waals surface area contributed by atoms with E-state index in [0.29, 0.717) is 0 Å². The molecule has 0 bridgehead atoms. The molecule has 12 aromatic rings. The van der Waals surface area contributed by atoms with Crippen molar-refractivity contribution in [2.75, 3.05) is 4.90 Å². The fraction of sp³-hybridized carbons (Fsp3) is 0.0169. The second kappa shape index (κ2) is 13.7. The molecule has 13 rings (SSSR count). The molecule has 2 aromatic heterocycles. The molecule has 0 N–H and O–H groups in total. The van der Waals surface area contributed by atoms with Crippen molar-refractivity contribution in [3.8, 4) is 16.8 Å². The Morgan fingerprint density at radius 2 is 1.00 bits per heavy atom. The molecule has 0 spiro atoms. The Morgan fingerprint density at radius 3 is 1.79 bits per heavy atom. The second-order valence-corrected chi connectivity index (χ2v) is 17.5. The van der Waals surface area contributed by atoms with Crippen molar-refractivity contribution in [2.45, 2.75) is 5.41 Å². The summed E-state index contributed by atoms with van der Waals surface area (Å²) in [7, 11) is 0. The van der Waals surface area contributed by atoms with Crippen LogP contribution in [0.2, 0.25) is 0 Å². The molecule has 1 aliphatic rings. The molecule has 0 saturated carbocycles. The summed E-state index contributed by atoms with van der Waals surface area (Å²) in [5.74, 6) is 0. The molecular formula is C59H38N2S. The van der Waals surface area contributed by atoms with Gasteiger partial charge in [-0.1, -0.05) is 176 Å². The van der Waals surface area contributed by atoms with Gasteiger partial charge in [0.25, 0.3) is 0 Å². The first-order valence-electron chi connectivity index (χ1n) is 21.3. The van der Waals surface area contributed by atoms with Gasteiger partial charge in [-0.2, -0.15) is 0 Å². The third kappa shape index (κ3) is 4.97. The van der Waals surface area contributed by atoms with E-state index in [1.165, 1.54) is 86.1 Å². The van der Waals surface area contributed by atoms with Crippen LogP contribution in [0.3, 0.4) is 0 Å². The van der Waals surface area contributed by atoms with E-state index in [0.717, 1.165) is 22.7 Å². The van der Waals surface area contributed by atoms with E-state index in [2.05, 4.69) is 240 Å². The summed E-state index contributed by atoms with van der Waals surface area (Å²) in [5, 5.41) is 7.57. The summed E-state index contributed by atoms with van der Waals surface area (Å²) < 4.78 is 4.98. The SMILES string of the molecule is c1ccc(-n2c3ccccc3c3ccc(N(c4ccc5c(c4)C(c4ccccc4)(c4ccccc4)c4c-5ccc5ccccc45)c4cccc5c4sc4ccccc45)cc32)cc1. The Kier molecular flexibility index (Phi) is 7.72. The number of thiophene rings is 1. The number of nitrogens with zero attached hydrogens (tertiary/aromatic N) is 2. The summed E-state index contributed by atoms with van der Waals surface area (Å²) in [4.78, 5) is 2.52. The van der Waals surface area contributed by atoms with Gasteiger partial charge in [0.1, 0.15) is 0 Å². The predicted octanol–water partition coefficient (Wildman–Crippen LogP) is 16.1. The van der Waals surface area contributed by atoms with E-state index in [1.54, 1.807) is 0 Å². The molecule has 1 aliphatic carbocycles. The van der Waals surface area contributed by atoms with E-state index in [-0.39, 0.29) is 0 Å². The van der Waals surface area contributed by atoms with Crippen molar-refractivity contribution >= 4 is 81.1 Å². The third-order valence-corrected chi connectivity index (χ3v) is 14.4. The van der Waals surface area contributed by atoms with Gasteiger partial charge in [0, 0.05) is 43.3 Å². The minimum absolute atomic E-state index is 0.580. The summed E-state index contributed by atoms with van der Waals surface area (Å²) in [6.45, 7) is 0. The summed E-state index contributed by atoms with van der Waals surface area (Å²) in [5.41, 5.74) is 14.0. The van der Waals surface area contributed by atoms with Crippen LogP contribution < -0.4 is 4.90 Å². The maximum absolute atomic E-state index is 2.52. The molecule has 0 radical (unpaired) electrons. The number of benzene rings is 10. The molecule has 0 saturated heterocycles. The van der Waals surface area contributed by atoms with Gasteiger partial charge in [0.05, 0.1) is 26.8 Å². The van der Waals surface area contributed by atoms with Crippen LogP contribution in [0.1, 0.15) is 22.3 Å². The highest BCUT2D eigenvalue weighted by atomic mass is 32.1. The van der Waals surface area contributed by atoms with Gasteiger partial charge in [0.15, 0.2) is 0 Å². The average Bonchev–Trinajstić information content (AvgIpc) is 3.99. The lowest BCUT2D eigenvalue weighted by Gasteiger charge is -2.35. The number of aromatic nitrogens is 1. The highest BCUT2D eigenvalue weighted by Crippen LogP contribution is 2.59. The molecule has 0 atom stereocenters. The standard InChI is InChI=1S/C59H38N2S/c1-4-18-40(19-5-1)59(41-20-6-2-7-21-41)52-37-43(32-35-46(52)50-34-31-39-17-10-11-24-45(39)57(50)59)60(54-29-16-27-51-49-26-13-15-30-56(49)62-58(51)54)44-33-36-48-47-25-12-14-28-53(47)61(55(48)38-44)42-22-8-3-9-23-42/h1-38H. The lowest BCUT2D eigenvalue weighted by Crippen LogP contribution is -2.29. The van der Waals surface area contributed by atoms with Crippen molar-refractivity contribution in [1.82, 2.24) is 4.57 Å². The van der Waals surface area contributed by atoms with Crippen molar-refractivity contribution in [1.29, 1.82) is 0 Å². The van der Waals surface area contributed by atoms with Crippen LogP contribution in [0, 0.1) is 0 Å². The van der Waals surface area contributed by atoms with Gasteiger partial charge < -0.3 is 9.47 Å². The molecule has 0 unspecified atom stereocenters. The average molecular weight is 807 g/mol. The smallest absolute Gasteiger partial charge is 0.0720 e. The first-order chi connectivity index (χ1) is 30.8. The second-order valence-electron chi connectivity index (χ2n) is 16.4. The zero-order chi connectivity index (χ0) is 40.8. The van der Waals surface area contributed by atoms with Crippen LogP contribution in [0.4, 0.5) is 17.1 Å². The summed E-state index contributed by atoms with van der Waals surface area (Å²) >= 11 is 1.88. The van der Waals surface area contributed by atoms with Crippen LogP contribution in [0.5, 0.6) is 0 Å². The van der Waals surface area contributed by atoms with E-state index in [4.69, 9.17) is 0 Å². The number of rotatable bonds is 6. The van der Waals surface area contributed by atoms with Gasteiger partial charge in [0.2, 0.25) is 0 Å². The fourth-order valence-electron chi connectivity index (χ4n) is 10.7. The van der Waals surface area contributed by atoms with Crippen LogP contribution in [0.15, 0.2) is 231 Å². The van der Waals surface area contributed by atoms with Crippen LogP contribution in [-0.2, 0) is 5.41 Å². The van der Waals surface area contributed by atoms with Gasteiger partial charge in [-0.15, -0.1) is 11.3 Å². The number of fused-ring (bicyclic) bond motifs is 11. The summed E-state index contributed by atoms with van der Waals surface area (Å²) in [6, 6.07) is 85.5. The van der Waals surface area contributed by atoms with E-state index in [9.17, 15) is 0 Å². The van der Waals surface area contributed by atoms with Gasteiger partial charge in [-0.3, -0.25) is 0 Å². The Labute approximate surface area is 363 Å². The lowest BCUT2D eigenvalue weighted by molar-refractivity contribution is 0.775. The maximum atomic E-state index is 2.52. The molecule has 2 nitrogen and oxygen atoms in total.